The van der Waals surface area contributed by atoms with E-state index in [-0.39, 0.29) is 11.4 Å². The van der Waals surface area contributed by atoms with Crippen LogP contribution in [0.2, 0.25) is 0 Å². The van der Waals surface area contributed by atoms with Crippen molar-refractivity contribution in [2.24, 2.45) is 0 Å². The van der Waals surface area contributed by atoms with Gasteiger partial charge < -0.3 is 15.4 Å². The first-order chi connectivity index (χ1) is 9.15. The van der Waals surface area contributed by atoms with Crippen molar-refractivity contribution in [1.82, 2.24) is 5.32 Å². The third-order valence-corrected chi connectivity index (χ3v) is 2.59. The number of halogens is 3. The number of amides is 2. The zero-order chi connectivity index (χ0) is 15.5. The van der Waals surface area contributed by atoms with Gasteiger partial charge in [0.1, 0.15) is 5.75 Å². The molecule has 1 aromatic carbocycles. The van der Waals surface area contributed by atoms with Crippen LogP contribution in [-0.2, 0) is 4.79 Å². The molecule has 8 heteroatoms. The van der Waals surface area contributed by atoms with Crippen LogP contribution in [0.5, 0.6) is 5.75 Å². The molecule has 1 aromatic rings. The molecule has 1 rings (SSSR count). The lowest BCUT2D eigenvalue weighted by molar-refractivity contribution is -0.130. The van der Waals surface area contributed by atoms with Gasteiger partial charge in [0.05, 0.1) is 0 Å². The first kappa shape index (κ1) is 16.2. The Morgan fingerprint density at radius 3 is 2.15 bits per heavy atom. The van der Waals surface area contributed by atoms with E-state index in [0.717, 1.165) is 0 Å². The van der Waals surface area contributed by atoms with E-state index in [1.165, 1.54) is 19.2 Å². The van der Waals surface area contributed by atoms with Crippen molar-refractivity contribution in [2.45, 2.75) is 19.2 Å². The highest BCUT2D eigenvalue weighted by Crippen LogP contribution is 2.28. The van der Waals surface area contributed by atoms with Gasteiger partial charge in [-0.1, -0.05) is 0 Å². The van der Waals surface area contributed by atoms with Crippen LogP contribution in [0, 0.1) is 13.8 Å². The predicted octanol–water partition coefficient (Wildman–Crippen LogP) is 2.79. The van der Waals surface area contributed by atoms with Crippen molar-refractivity contribution >= 4 is 29.3 Å². The van der Waals surface area contributed by atoms with Crippen molar-refractivity contribution in [3.8, 4) is 5.75 Å². The maximum absolute atomic E-state index is 12.6. The van der Waals surface area contributed by atoms with Crippen molar-refractivity contribution < 1.29 is 23.1 Å². The predicted molar refractivity (Wildman–Crippen MR) is 70.4 cm³/mol. The molecule has 0 saturated carbocycles. The van der Waals surface area contributed by atoms with E-state index in [1.54, 1.807) is 13.8 Å². The van der Waals surface area contributed by atoms with Gasteiger partial charge in [0, 0.05) is 12.7 Å². The minimum Gasteiger partial charge on any atom is -0.410 e. The summed E-state index contributed by atoms with van der Waals surface area (Å²) in [6, 6.07) is 2.87. The topological polar surface area (TPSA) is 67.4 Å². The van der Waals surface area contributed by atoms with E-state index in [0.29, 0.717) is 11.1 Å². The van der Waals surface area contributed by atoms with Crippen molar-refractivity contribution in [2.75, 3.05) is 12.4 Å². The average Bonchev–Trinajstić information content (AvgIpc) is 2.32. The Labute approximate surface area is 119 Å². The summed E-state index contributed by atoms with van der Waals surface area (Å²) in [5, 5.41) is 0.318. The Bertz CT molecular complexity index is 521. The number of nitrogens with one attached hydrogen (secondary N) is 2. The molecule has 0 heterocycles. The smallest absolute Gasteiger partial charge is 0.410 e. The van der Waals surface area contributed by atoms with Crippen molar-refractivity contribution in [3.63, 3.8) is 0 Å². The monoisotopic (exact) mass is 306 g/mol. The Morgan fingerprint density at radius 2 is 1.75 bits per heavy atom. The normalized spacial score (nSPS) is 10.9. The number of ether oxygens (including phenoxy) is 1. The number of anilines is 1. The summed E-state index contributed by atoms with van der Waals surface area (Å²) in [7, 11) is 1.40. The van der Waals surface area contributed by atoms with Gasteiger partial charge in [0.2, 0.25) is 0 Å². The Kier molecular flexibility index (Phi) is 4.88. The molecule has 0 radical (unpaired) electrons. The van der Waals surface area contributed by atoms with Gasteiger partial charge in [0.15, 0.2) is 0 Å². The number of alkyl halides is 3. The third-order valence-electron chi connectivity index (χ3n) is 2.42. The van der Waals surface area contributed by atoms with Crippen LogP contribution < -0.4 is 15.4 Å². The first-order valence-corrected chi connectivity index (χ1v) is 5.92. The minimum absolute atomic E-state index is 0.194. The van der Waals surface area contributed by atoms with Crippen LogP contribution in [0.25, 0.3) is 0 Å². The van der Waals surface area contributed by atoms with Crippen LogP contribution in [-0.4, -0.2) is 24.4 Å². The largest absolute Gasteiger partial charge is 0.412 e. The summed E-state index contributed by atoms with van der Waals surface area (Å²) in [6.45, 7) is 3.15. The molecule has 0 unspecified atom stereocenters. The summed E-state index contributed by atoms with van der Waals surface area (Å²) in [5.74, 6) is -1.39. The highest BCUT2D eigenvalue weighted by atomic mass is 35.5. The van der Waals surface area contributed by atoms with E-state index in [2.05, 4.69) is 16.9 Å². The summed E-state index contributed by atoms with van der Waals surface area (Å²) in [4.78, 5) is 22.2. The van der Waals surface area contributed by atoms with Gasteiger partial charge in [0.25, 0.3) is 0 Å². The lowest BCUT2D eigenvalue weighted by Gasteiger charge is -2.15. The maximum atomic E-state index is 12.6. The van der Waals surface area contributed by atoms with Crippen LogP contribution in [0.3, 0.4) is 0 Å². The highest BCUT2D eigenvalue weighted by Gasteiger charge is 2.36. The number of aryl methyl sites for hydroxylation is 2. The zero-order valence-corrected chi connectivity index (χ0v) is 11.8. The molecule has 0 aromatic heterocycles. The van der Waals surface area contributed by atoms with E-state index in [4.69, 9.17) is 4.74 Å². The molecule has 0 atom stereocenters. The quantitative estimate of drug-likeness (QED) is 0.844. The summed E-state index contributed by atoms with van der Waals surface area (Å²) < 4.78 is 30.2. The fraction of sp³-hybridized carbons (Fsp3) is 0.333. The molecule has 2 N–H and O–H groups in total. The van der Waals surface area contributed by atoms with Crippen LogP contribution in [0.4, 0.5) is 19.3 Å². The van der Waals surface area contributed by atoms with Gasteiger partial charge >= 0.3 is 17.4 Å². The maximum Gasteiger partial charge on any atom is 0.412 e. The minimum atomic E-state index is -3.99. The molecule has 0 aliphatic carbocycles. The zero-order valence-electron chi connectivity index (χ0n) is 11.0. The Hall–Kier alpha value is -1.89. The molecule has 0 fully saturated rings. The van der Waals surface area contributed by atoms with Gasteiger partial charge in [-0.05, 0) is 48.7 Å². The average molecular weight is 307 g/mol. The molecule has 0 aliphatic rings. The lowest BCUT2D eigenvalue weighted by atomic mass is 10.1. The van der Waals surface area contributed by atoms with E-state index in [9.17, 15) is 18.4 Å². The molecule has 0 spiro atoms. The third kappa shape index (κ3) is 4.06. The number of benzene rings is 1. The SMILES string of the molecule is CNC(=O)Oc1cc(C)c(NC(=O)C(F)(F)Cl)c(C)c1. The number of carbonyl (C=O) groups excluding carboxylic acids is 2. The Balaban J connectivity index is 3.01. The van der Waals surface area contributed by atoms with Crippen molar-refractivity contribution in [3.05, 3.63) is 23.3 Å². The highest BCUT2D eigenvalue weighted by molar-refractivity contribution is 6.34. The summed E-state index contributed by atoms with van der Waals surface area (Å²) in [6.07, 6.45) is -0.659. The second-order valence-electron chi connectivity index (χ2n) is 4.02. The summed E-state index contributed by atoms with van der Waals surface area (Å²) >= 11 is 4.63. The number of carbonyl (C=O) groups is 2. The number of rotatable bonds is 3. The molecule has 0 saturated heterocycles. The summed E-state index contributed by atoms with van der Waals surface area (Å²) in [5.41, 5.74) is 1.11. The number of hydrogen-bond acceptors (Lipinski definition) is 3. The molecule has 110 valence electrons. The lowest BCUT2D eigenvalue weighted by Crippen LogP contribution is -2.29. The van der Waals surface area contributed by atoms with Gasteiger partial charge in [-0.3, -0.25) is 4.79 Å². The molecule has 0 bridgehead atoms. The Morgan fingerprint density at radius 1 is 1.25 bits per heavy atom. The molecule has 20 heavy (non-hydrogen) atoms. The molecule has 0 aliphatic heterocycles. The van der Waals surface area contributed by atoms with E-state index < -0.39 is 17.4 Å². The van der Waals surface area contributed by atoms with Crippen molar-refractivity contribution in [1.29, 1.82) is 0 Å². The standard InChI is InChI=1S/C12H13ClF2N2O3/c1-6-4-8(20-11(19)16-3)5-7(2)9(6)17-10(18)12(13,14)15/h4-5H,1-3H3,(H,16,19)(H,17,18). The van der Waals surface area contributed by atoms with E-state index >= 15 is 0 Å². The second kappa shape index (κ2) is 6.04. The fourth-order valence-corrected chi connectivity index (χ4v) is 1.57. The van der Waals surface area contributed by atoms with Gasteiger partial charge in [-0.25, -0.2) is 4.79 Å². The number of hydrogen-bond donors (Lipinski definition) is 2. The fourth-order valence-electron chi connectivity index (χ4n) is 1.52. The molecule has 2 amide bonds. The van der Waals surface area contributed by atoms with Gasteiger partial charge in [-0.2, -0.15) is 8.78 Å². The second-order valence-corrected chi connectivity index (χ2v) is 4.50. The van der Waals surface area contributed by atoms with E-state index in [1.807, 2.05) is 5.32 Å². The van der Waals surface area contributed by atoms with Gasteiger partial charge in [-0.15, -0.1) is 0 Å². The van der Waals surface area contributed by atoms with Crippen LogP contribution in [0.1, 0.15) is 11.1 Å². The first-order valence-electron chi connectivity index (χ1n) is 5.54. The molecule has 5 nitrogen and oxygen atoms in total. The van der Waals surface area contributed by atoms with Crippen LogP contribution >= 0.6 is 11.6 Å². The molecular formula is C12H13ClF2N2O3. The molecular weight excluding hydrogens is 294 g/mol. The van der Waals surface area contributed by atoms with Crippen LogP contribution in [0.15, 0.2) is 12.1 Å².